The average molecular weight is 777 g/mol. The molecule has 0 bridgehead atoms. The van der Waals surface area contributed by atoms with E-state index in [1.807, 2.05) is 49.3 Å². The Kier molecular flexibility index (Phi) is 69.2. The Labute approximate surface area is 340 Å². The summed E-state index contributed by atoms with van der Waals surface area (Å²) in [5, 5.41) is 3.49. The van der Waals surface area contributed by atoms with Gasteiger partial charge >= 0.3 is 0 Å². The van der Waals surface area contributed by atoms with E-state index in [4.69, 9.17) is 11.5 Å². The van der Waals surface area contributed by atoms with Gasteiger partial charge in [0.1, 0.15) is 0 Å². The maximum atomic E-state index is 6.38. The van der Waals surface area contributed by atoms with Crippen molar-refractivity contribution in [1.82, 2.24) is 10.2 Å². The van der Waals surface area contributed by atoms with Gasteiger partial charge in [-0.25, -0.2) is 0 Å². The molecule has 0 amide bonds. The summed E-state index contributed by atoms with van der Waals surface area (Å²) in [6.07, 6.45) is 42.4. The average Bonchev–Trinajstić information content (AvgIpc) is 3.17. The molecule has 320 valence electrons. The highest BCUT2D eigenvalue weighted by Crippen LogP contribution is 2.20. The van der Waals surface area contributed by atoms with Crippen LogP contribution in [-0.2, 0) is 0 Å². The van der Waals surface area contributed by atoms with Crippen molar-refractivity contribution >= 4 is 21.6 Å². The van der Waals surface area contributed by atoms with Crippen molar-refractivity contribution in [3.63, 3.8) is 0 Å². The van der Waals surface area contributed by atoms with Crippen LogP contribution in [0.5, 0.6) is 0 Å². The molecule has 0 aromatic carbocycles. The molecule has 0 spiro atoms. The molecule has 6 heteroatoms. The van der Waals surface area contributed by atoms with Crippen LogP contribution in [-0.4, -0.2) is 55.3 Å². The first-order valence-corrected chi connectivity index (χ1v) is 26.3. The van der Waals surface area contributed by atoms with Gasteiger partial charge in [-0.15, -0.1) is 0 Å². The molecule has 5 N–H and O–H groups in total. The van der Waals surface area contributed by atoms with Crippen molar-refractivity contribution in [1.29, 1.82) is 0 Å². The molecule has 0 aromatic heterocycles. The molecule has 0 fully saturated rings. The Hall–Kier alpha value is 0.540. The maximum absolute atomic E-state index is 6.38. The SMILES string of the molecule is CC.CC.CCCCCCCCCCCCCCCC.CCCCCCCCCCCCCCCC(N)CN(CN)CCSSCCNCCCC. The maximum Gasteiger partial charge on any atom is 0.0456 e. The van der Waals surface area contributed by atoms with Crippen molar-refractivity contribution in [3.8, 4) is 0 Å². The summed E-state index contributed by atoms with van der Waals surface area (Å²) >= 11 is 0. The third-order valence-corrected chi connectivity index (χ3v) is 11.9. The van der Waals surface area contributed by atoms with Crippen molar-refractivity contribution < 1.29 is 0 Å². The summed E-state index contributed by atoms with van der Waals surface area (Å²) < 4.78 is 0. The molecule has 0 saturated heterocycles. The molecule has 0 heterocycles. The van der Waals surface area contributed by atoms with Gasteiger partial charge in [0.05, 0.1) is 0 Å². The van der Waals surface area contributed by atoms with Gasteiger partial charge in [-0.2, -0.15) is 0 Å². The Morgan fingerprint density at radius 3 is 1.12 bits per heavy atom. The lowest BCUT2D eigenvalue weighted by Crippen LogP contribution is -2.41. The smallest absolute Gasteiger partial charge is 0.0456 e. The first kappa shape index (κ1) is 59.2. The van der Waals surface area contributed by atoms with Crippen molar-refractivity contribution in [2.45, 2.75) is 254 Å². The highest BCUT2D eigenvalue weighted by molar-refractivity contribution is 8.76. The van der Waals surface area contributed by atoms with Crippen LogP contribution in [0.1, 0.15) is 248 Å². The lowest BCUT2D eigenvalue weighted by Gasteiger charge is -2.23. The lowest BCUT2D eigenvalue weighted by atomic mass is 10.0. The molecule has 0 radical (unpaired) electrons. The monoisotopic (exact) mass is 777 g/mol. The van der Waals surface area contributed by atoms with E-state index >= 15 is 0 Å². The minimum atomic E-state index is 0.270. The van der Waals surface area contributed by atoms with Gasteiger partial charge in [-0.05, 0) is 19.4 Å². The van der Waals surface area contributed by atoms with Crippen LogP contribution < -0.4 is 16.8 Å². The summed E-state index contributed by atoms with van der Waals surface area (Å²) in [5.74, 6) is 2.30. The normalized spacial score (nSPS) is 11.4. The molecule has 0 aliphatic heterocycles. The molecule has 0 aliphatic carbocycles. The Morgan fingerprint density at radius 2 is 0.769 bits per heavy atom. The van der Waals surface area contributed by atoms with E-state index < -0.39 is 0 Å². The molecule has 0 rings (SSSR count). The Balaban J connectivity index is -0.000000482. The molecule has 0 saturated carbocycles. The van der Waals surface area contributed by atoms with Gasteiger partial charge in [-0.1, -0.05) is 257 Å². The van der Waals surface area contributed by atoms with E-state index in [1.165, 1.54) is 192 Å². The van der Waals surface area contributed by atoms with Gasteiger partial charge in [0.2, 0.25) is 0 Å². The van der Waals surface area contributed by atoms with Crippen molar-refractivity contribution in [3.05, 3.63) is 0 Å². The molecule has 0 aromatic rings. The van der Waals surface area contributed by atoms with E-state index in [0.717, 1.165) is 38.4 Å². The number of unbranched alkanes of at least 4 members (excludes halogenated alkanes) is 26. The summed E-state index contributed by atoms with van der Waals surface area (Å²) in [7, 11) is 3.93. The van der Waals surface area contributed by atoms with Gasteiger partial charge in [0, 0.05) is 43.9 Å². The van der Waals surface area contributed by atoms with Crippen LogP contribution in [0.3, 0.4) is 0 Å². The van der Waals surface area contributed by atoms with Crippen LogP contribution >= 0.6 is 21.6 Å². The quantitative estimate of drug-likeness (QED) is 0.0327. The lowest BCUT2D eigenvalue weighted by molar-refractivity contribution is 0.272. The third-order valence-electron chi connectivity index (χ3n) is 9.53. The zero-order chi connectivity index (χ0) is 39.4. The van der Waals surface area contributed by atoms with Gasteiger partial charge < -0.3 is 16.8 Å². The number of hydrogen-bond acceptors (Lipinski definition) is 6. The second kappa shape index (κ2) is 60.8. The minimum absolute atomic E-state index is 0.270. The fourth-order valence-corrected chi connectivity index (χ4v) is 8.17. The van der Waals surface area contributed by atoms with Crippen LogP contribution in [0.25, 0.3) is 0 Å². The molecule has 1 atom stereocenters. The molecular formula is C46H104N4S2. The highest BCUT2D eigenvalue weighted by atomic mass is 33.1. The van der Waals surface area contributed by atoms with E-state index in [-0.39, 0.29) is 6.04 Å². The second-order valence-corrected chi connectivity index (χ2v) is 17.2. The molecule has 0 aliphatic rings. The van der Waals surface area contributed by atoms with Crippen LogP contribution in [0.15, 0.2) is 0 Å². The minimum Gasteiger partial charge on any atom is -0.327 e. The van der Waals surface area contributed by atoms with Crippen molar-refractivity contribution in [2.75, 3.05) is 44.4 Å². The molecule has 52 heavy (non-hydrogen) atoms. The largest absolute Gasteiger partial charge is 0.327 e. The predicted molar refractivity (Wildman–Crippen MR) is 250 cm³/mol. The van der Waals surface area contributed by atoms with Crippen molar-refractivity contribution in [2.24, 2.45) is 11.5 Å². The van der Waals surface area contributed by atoms with Crippen LogP contribution in [0, 0.1) is 0 Å². The third kappa shape index (κ3) is 59.8. The van der Waals surface area contributed by atoms with E-state index in [0.29, 0.717) is 6.67 Å². The molecule has 4 nitrogen and oxygen atoms in total. The fourth-order valence-electron chi connectivity index (χ4n) is 6.20. The summed E-state index contributed by atoms with van der Waals surface area (Å²) in [4.78, 5) is 2.32. The topological polar surface area (TPSA) is 67.3 Å². The first-order valence-electron chi connectivity index (χ1n) is 23.8. The van der Waals surface area contributed by atoms with E-state index in [2.05, 4.69) is 37.9 Å². The Bertz CT molecular complexity index is 527. The van der Waals surface area contributed by atoms with Gasteiger partial charge in [-0.3, -0.25) is 4.90 Å². The number of nitrogens with zero attached hydrogens (tertiary/aromatic N) is 1. The highest BCUT2D eigenvalue weighted by Gasteiger charge is 2.09. The van der Waals surface area contributed by atoms with Gasteiger partial charge in [0.25, 0.3) is 0 Å². The number of rotatable bonds is 40. The predicted octanol–water partition coefficient (Wildman–Crippen LogP) is 15.3. The number of nitrogens with one attached hydrogen (secondary N) is 1. The fraction of sp³-hybridized carbons (Fsp3) is 1.00. The summed E-state index contributed by atoms with van der Waals surface area (Å²) in [5.41, 5.74) is 12.3. The van der Waals surface area contributed by atoms with E-state index in [1.54, 1.807) is 0 Å². The Morgan fingerprint density at radius 1 is 0.442 bits per heavy atom. The number of hydrogen-bond donors (Lipinski definition) is 3. The summed E-state index contributed by atoms with van der Waals surface area (Å²) in [6, 6.07) is 0.270. The summed E-state index contributed by atoms with van der Waals surface area (Å²) in [6.45, 7) is 22.0. The van der Waals surface area contributed by atoms with Crippen LogP contribution in [0.2, 0.25) is 0 Å². The standard InChI is InChI=1S/C26H58N4S2.C16H34.2C2H6/c1-3-5-7-8-9-10-11-12-13-14-15-16-17-18-26(28)24-30(25-27)21-23-32-31-22-20-29-19-6-4-2;1-3-5-7-9-11-13-15-16-14-12-10-8-6-4-2;2*1-2/h26,29H,3-25,27-28H2,1-2H3;3-16H2,1-2H3;2*1-2H3. The second-order valence-electron chi connectivity index (χ2n) is 14.5. The molecular weight excluding hydrogens is 673 g/mol. The van der Waals surface area contributed by atoms with Crippen LogP contribution in [0.4, 0.5) is 0 Å². The zero-order valence-corrected chi connectivity index (χ0v) is 39.3. The van der Waals surface area contributed by atoms with E-state index in [9.17, 15) is 0 Å². The zero-order valence-electron chi connectivity index (χ0n) is 37.7. The molecule has 1 unspecified atom stereocenters. The van der Waals surface area contributed by atoms with Gasteiger partial charge in [0.15, 0.2) is 0 Å². The number of nitrogens with two attached hydrogens (primary N) is 2. The first-order chi connectivity index (χ1) is 25.7.